The van der Waals surface area contributed by atoms with Crippen LogP contribution in [0.5, 0.6) is 5.75 Å². The van der Waals surface area contributed by atoms with E-state index < -0.39 is 0 Å². The molecule has 0 aliphatic carbocycles. The Hall–Kier alpha value is -2.81. The molecule has 6 heteroatoms. The normalized spacial score (nSPS) is 11.2. The number of nitriles is 1. The van der Waals surface area contributed by atoms with Crippen LogP contribution in [0.2, 0.25) is 5.02 Å². The van der Waals surface area contributed by atoms with Gasteiger partial charge in [0.2, 0.25) is 0 Å². The van der Waals surface area contributed by atoms with E-state index in [1.165, 1.54) is 11.0 Å². The summed E-state index contributed by atoms with van der Waals surface area (Å²) in [5.74, 6) is 0.144. The summed E-state index contributed by atoms with van der Waals surface area (Å²) >= 11 is 9.91. The average Bonchev–Trinajstić information content (AvgIpc) is 2.71. The fourth-order valence-corrected chi connectivity index (χ4v) is 3.91. The van der Waals surface area contributed by atoms with Crippen LogP contribution < -0.4 is 4.74 Å². The summed E-state index contributed by atoms with van der Waals surface area (Å²) in [4.78, 5) is 13.4. The van der Waals surface area contributed by atoms with Crippen molar-refractivity contribution in [3.63, 3.8) is 0 Å². The van der Waals surface area contributed by atoms with E-state index in [4.69, 9.17) is 16.3 Å². The van der Waals surface area contributed by atoms with E-state index in [9.17, 15) is 10.1 Å². The van der Waals surface area contributed by atoms with Crippen LogP contribution in [-0.2, 0) is 11.4 Å². The lowest BCUT2D eigenvalue weighted by Gasteiger charge is -2.13. The molecule has 146 valence electrons. The van der Waals surface area contributed by atoms with Crippen LogP contribution in [0.1, 0.15) is 11.1 Å². The van der Waals surface area contributed by atoms with Crippen molar-refractivity contribution < 1.29 is 9.53 Å². The zero-order valence-electron chi connectivity index (χ0n) is 15.9. The zero-order valence-corrected chi connectivity index (χ0v) is 18.3. The topological polar surface area (TPSA) is 53.3 Å². The number of likely N-dealkylation sites (N-methyl/N-ethyl adjacent to an activating group) is 1. The van der Waals surface area contributed by atoms with Gasteiger partial charge in [-0.3, -0.25) is 4.79 Å². The Bertz CT molecular complexity index is 1120. The first-order chi connectivity index (χ1) is 13.9. The summed E-state index contributed by atoms with van der Waals surface area (Å²) in [6, 6.07) is 19.6. The Morgan fingerprint density at radius 1 is 1.21 bits per heavy atom. The lowest BCUT2D eigenvalue weighted by molar-refractivity contribution is -0.124. The number of hydrogen-bond donors (Lipinski definition) is 0. The number of ether oxygens (including phenoxy) is 1. The fourth-order valence-electron chi connectivity index (χ4n) is 2.92. The van der Waals surface area contributed by atoms with Crippen LogP contribution in [-0.4, -0.2) is 24.9 Å². The van der Waals surface area contributed by atoms with Crippen LogP contribution in [0, 0.1) is 11.3 Å². The van der Waals surface area contributed by atoms with Gasteiger partial charge in [0.1, 0.15) is 18.2 Å². The molecule has 0 bridgehead atoms. The molecule has 3 rings (SSSR count). The van der Waals surface area contributed by atoms with E-state index in [1.807, 2.05) is 30.3 Å². The SMILES string of the molecule is CN(C)C(=O)/C(C#N)=C\c1cc(Cl)c(OCc2cccc3ccccc23)c(Br)c1. The van der Waals surface area contributed by atoms with Crippen molar-refractivity contribution in [3.05, 3.63) is 80.8 Å². The van der Waals surface area contributed by atoms with Crippen molar-refractivity contribution in [2.45, 2.75) is 6.61 Å². The van der Waals surface area contributed by atoms with Gasteiger partial charge in [0.25, 0.3) is 5.91 Å². The molecule has 3 aromatic carbocycles. The van der Waals surface area contributed by atoms with Gasteiger partial charge in [0.05, 0.1) is 9.50 Å². The lowest BCUT2D eigenvalue weighted by atomic mass is 10.1. The van der Waals surface area contributed by atoms with Crippen LogP contribution in [0.4, 0.5) is 0 Å². The molecule has 0 heterocycles. The number of hydrogen-bond acceptors (Lipinski definition) is 3. The minimum atomic E-state index is -0.365. The quantitative estimate of drug-likeness (QED) is 0.349. The van der Waals surface area contributed by atoms with Gasteiger partial charge >= 0.3 is 0 Å². The van der Waals surface area contributed by atoms with Gasteiger partial charge in [0.15, 0.2) is 5.75 Å². The lowest BCUT2D eigenvalue weighted by Crippen LogP contribution is -2.22. The van der Waals surface area contributed by atoms with E-state index in [2.05, 4.69) is 34.1 Å². The fraction of sp³-hybridized carbons (Fsp3) is 0.130. The predicted octanol–water partition coefficient (Wildman–Crippen LogP) is 5.83. The minimum Gasteiger partial charge on any atom is -0.486 e. The summed E-state index contributed by atoms with van der Waals surface area (Å²) in [5.41, 5.74) is 1.71. The Labute approximate surface area is 183 Å². The molecule has 1 amide bonds. The number of benzene rings is 3. The van der Waals surface area contributed by atoms with Crippen molar-refractivity contribution >= 4 is 50.3 Å². The van der Waals surface area contributed by atoms with Crippen LogP contribution in [0.15, 0.2) is 64.6 Å². The highest BCUT2D eigenvalue weighted by molar-refractivity contribution is 9.10. The second-order valence-corrected chi connectivity index (χ2v) is 7.87. The molecule has 3 aromatic rings. The van der Waals surface area contributed by atoms with Gasteiger partial charge in [-0.05, 0) is 56.0 Å². The molecule has 0 fully saturated rings. The molecular weight excluding hydrogens is 452 g/mol. The maximum Gasteiger partial charge on any atom is 0.264 e. The van der Waals surface area contributed by atoms with Gasteiger partial charge < -0.3 is 9.64 Å². The molecule has 0 unspecified atom stereocenters. The highest BCUT2D eigenvalue weighted by Gasteiger charge is 2.14. The number of halogens is 2. The molecule has 29 heavy (non-hydrogen) atoms. The molecule has 0 N–H and O–H groups in total. The molecule has 0 saturated carbocycles. The summed E-state index contributed by atoms with van der Waals surface area (Å²) < 4.78 is 6.64. The van der Waals surface area contributed by atoms with Crippen molar-refractivity contribution in [2.75, 3.05) is 14.1 Å². The average molecular weight is 470 g/mol. The van der Waals surface area contributed by atoms with Gasteiger partial charge in [-0.2, -0.15) is 5.26 Å². The number of carbonyl (C=O) groups excluding carboxylic acids is 1. The molecule has 0 atom stereocenters. The standard InChI is InChI=1S/C23H18BrClN2O2/c1-27(2)23(28)18(13-26)10-15-11-20(24)22(21(25)12-15)29-14-17-8-5-7-16-6-3-4-9-19(16)17/h3-12H,14H2,1-2H3/b18-10-. The number of fused-ring (bicyclic) bond motifs is 1. The second-order valence-electron chi connectivity index (χ2n) is 6.61. The maximum atomic E-state index is 12.0. The molecule has 0 aliphatic heterocycles. The Morgan fingerprint density at radius 3 is 2.62 bits per heavy atom. The zero-order chi connectivity index (χ0) is 21.0. The van der Waals surface area contributed by atoms with Gasteiger partial charge in [-0.15, -0.1) is 0 Å². The van der Waals surface area contributed by atoms with Gasteiger partial charge in [-0.1, -0.05) is 54.1 Å². The molecule has 0 aromatic heterocycles. The number of rotatable bonds is 5. The van der Waals surface area contributed by atoms with Crippen LogP contribution >= 0.6 is 27.5 Å². The molecule has 0 radical (unpaired) electrons. The van der Waals surface area contributed by atoms with Crippen LogP contribution in [0.3, 0.4) is 0 Å². The van der Waals surface area contributed by atoms with E-state index in [0.717, 1.165) is 16.3 Å². The van der Waals surface area contributed by atoms with Crippen molar-refractivity contribution in [2.24, 2.45) is 0 Å². The summed E-state index contributed by atoms with van der Waals surface area (Å²) in [5, 5.41) is 11.9. The number of carbonyl (C=O) groups is 1. The molecular formula is C23H18BrClN2O2. The third-order valence-corrected chi connectivity index (χ3v) is 5.21. The maximum absolute atomic E-state index is 12.0. The highest BCUT2D eigenvalue weighted by Crippen LogP contribution is 2.36. The first kappa shape index (κ1) is 20.9. The summed E-state index contributed by atoms with van der Waals surface area (Å²) in [7, 11) is 3.20. The second kappa shape index (κ2) is 9.13. The van der Waals surface area contributed by atoms with Crippen LogP contribution in [0.25, 0.3) is 16.8 Å². The largest absolute Gasteiger partial charge is 0.486 e. The van der Waals surface area contributed by atoms with Gasteiger partial charge in [-0.25, -0.2) is 0 Å². The summed E-state index contributed by atoms with van der Waals surface area (Å²) in [6.45, 7) is 0.359. The number of amides is 1. The van der Waals surface area contributed by atoms with Crippen molar-refractivity contribution in [1.82, 2.24) is 4.90 Å². The van der Waals surface area contributed by atoms with E-state index in [1.54, 1.807) is 26.2 Å². The van der Waals surface area contributed by atoms with E-state index in [-0.39, 0.29) is 11.5 Å². The Morgan fingerprint density at radius 2 is 1.93 bits per heavy atom. The van der Waals surface area contributed by atoms with Crippen molar-refractivity contribution in [3.8, 4) is 11.8 Å². The molecule has 0 saturated heterocycles. The first-order valence-electron chi connectivity index (χ1n) is 8.82. The Balaban J connectivity index is 1.86. The van der Waals surface area contributed by atoms with E-state index in [0.29, 0.717) is 27.4 Å². The third-order valence-electron chi connectivity index (χ3n) is 4.34. The summed E-state index contributed by atoms with van der Waals surface area (Å²) in [6.07, 6.45) is 1.51. The molecule has 0 spiro atoms. The Kier molecular flexibility index (Phi) is 6.58. The highest BCUT2D eigenvalue weighted by atomic mass is 79.9. The third kappa shape index (κ3) is 4.79. The smallest absolute Gasteiger partial charge is 0.264 e. The number of nitrogens with zero attached hydrogens (tertiary/aromatic N) is 2. The minimum absolute atomic E-state index is 0.0300. The molecule has 0 aliphatic rings. The molecule has 4 nitrogen and oxygen atoms in total. The van der Waals surface area contributed by atoms with Crippen molar-refractivity contribution in [1.29, 1.82) is 5.26 Å². The monoisotopic (exact) mass is 468 g/mol. The van der Waals surface area contributed by atoms with Gasteiger partial charge in [0, 0.05) is 14.1 Å². The first-order valence-corrected chi connectivity index (χ1v) is 9.99. The van der Waals surface area contributed by atoms with E-state index >= 15 is 0 Å². The predicted molar refractivity (Wildman–Crippen MR) is 120 cm³/mol.